The molecule has 52 heavy (non-hydrogen) atoms. The van der Waals surface area contributed by atoms with Crippen LogP contribution < -0.4 is 0 Å². The van der Waals surface area contributed by atoms with Gasteiger partial charge in [-0.2, -0.15) is 0 Å². The van der Waals surface area contributed by atoms with Gasteiger partial charge in [-0.3, -0.25) is 13.8 Å². The normalized spacial score (nSPS) is 24.1. The largest absolute Gasteiger partial charge is 0.472 e. The maximum absolute atomic E-state index is 12.7. The zero-order valence-corrected chi connectivity index (χ0v) is 33.0. The molecule has 0 bridgehead atoms. The summed E-state index contributed by atoms with van der Waals surface area (Å²) in [5.41, 5.74) is 0. The van der Waals surface area contributed by atoms with E-state index in [9.17, 15) is 39.8 Å². The van der Waals surface area contributed by atoms with Gasteiger partial charge in [0.1, 0.15) is 42.7 Å². The van der Waals surface area contributed by atoms with E-state index in [1.54, 1.807) is 0 Å². The number of carbonyl (C=O) groups is 1. The topological polar surface area (TPSA) is 192 Å². The number of allylic oxidation sites excluding steroid dienone is 4. The second kappa shape index (κ2) is 31.1. The summed E-state index contributed by atoms with van der Waals surface area (Å²) in [5, 5.41) is 50.0. The Morgan fingerprint density at radius 1 is 0.596 bits per heavy atom. The zero-order chi connectivity index (χ0) is 38.5. The Kier molecular flexibility index (Phi) is 29.2. The van der Waals surface area contributed by atoms with E-state index in [-0.39, 0.29) is 13.0 Å². The third-order valence-electron chi connectivity index (χ3n) is 9.30. The fourth-order valence-corrected chi connectivity index (χ4v) is 6.95. The summed E-state index contributed by atoms with van der Waals surface area (Å²) < 4.78 is 34.0. The molecule has 0 amide bonds. The van der Waals surface area contributed by atoms with Crippen molar-refractivity contribution < 1.29 is 58.3 Å². The van der Waals surface area contributed by atoms with Crippen LogP contribution in [0.15, 0.2) is 24.3 Å². The van der Waals surface area contributed by atoms with Crippen molar-refractivity contribution in [3.05, 3.63) is 24.3 Å². The van der Waals surface area contributed by atoms with Crippen LogP contribution in [0.2, 0.25) is 0 Å². The van der Waals surface area contributed by atoms with E-state index < -0.39 is 63.1 Å². The van der Waals surface area contributed by atoms with Gasteiger partial charge in [-0.1, -0.05) is 115 Å². The molecule has 6 N–H and O–H groups in total. The van der Waals surface area contributed by atoms with Crippen molar-refractivity contribution in [2.24, 2.45) is 0 Å². The van der Waals surface area contributed by atoms with E-state index in [2.05, 4.69) is 38.2 Å². The van der Waals surface area contributed by atoms with Crippen LogP contribution in [-0.2, 0) is 27.9 Å². The number of esters is 1. The van der Waals surface area contributed by atoms with Gasteiger partial charge in [0.25, 0.3) is 0 Å². The SMILES string of the molecule is CCCC/C=C\CCCCCCCCOCC(COP(=O)(O)OC1C(O)C(O)C(O)C(O)C1O)OC(=O)CCCCCCC/C=C\CCCCCC. The van der Waals surface area contributed by atoms with Crippen LogP contribution in [0, 0.1) is 0 Å². The number of rotatable bonds is 33. The lowest BCUT2D eigenvalue weighted by Crippen LogP contribution is -2.64. The second-order valence-corrected chi connectivity index (χ2v) is 15.5. The first kappa shape index (κ1) is 48.8. The number of unbranched alkanes of at least 4 members (excludes halogenated alkanes) is 17. The molecule has 0 aromatic carbocycles. The molecule has 306 valence electrons. The van der Waals surface area contributed by atoms with Crippen LogP contribution in [-0.4, -0.2) is 98.9 Å². The van der Waals surface area contributed by atoms with E-state index >= 15 is 0 Å². The van der Waals surface area contributed by atoms with E-state index in [0.717, 1.165) is 77.0 Å². The highest BCUT2D eigenvalue weighted by Gasteiger charge is 2.51. The van der Waals surface area contributed by atoms with E-state index in [0.29, 0.717) is 13.0 Å². The Bertz CT molecular complexity index is 963. The van der Waals surface area contributed by atoms with E-state index in [4.69, 9.17) is 18.5 Å². The molecular weight excluding hydrogens is 691 g/mol. The van der Waals surface area contributed by atoms with Crippen molar-refractivity contribution in [1.29, 1.82) is 0 Å². The minimum Gasteiger partial charge on any atom is -0.457 e. The van der Waals surface area contributed by atoms with Crippen LogP contribution in [0.5, 0.6) is 0 Å². The number of phosphoric acid groups is 1. The predicted molar refractivity (Wildman–Crippen MR) is 203 cm³/mol. The molecule has 1 fully saturated rings. The molecule has 0 heterocycles. The van der Waals surface area contributed by atoms with Crippen molar-refractivity contribution >= 4 is 13.8 Å². The minimum absolute atomic E-state index is 0.0828. The molecule has 1 saturated carbocycles. The summed E-state index contributed by atoms with van der Waals surface area (Å²) in [4.78, 5) is 23.0. The number of aliphatic hydroxyl groups excluding tert-OH is 5. The Balaban J connectivity index is 2.47. The maximum atomic E-state index is 12.7. The summed E-state index contributed by atoms with van der Waals surface area (Å²) >= 11 is 0. The minimum atomic E-state index is -5.01. The Morgan fingerprint density at radius 2 is 1.04 bits per heavy atom. The fraction of sp³-hybridized carbons (Fsp3) is 0.872. The number of phosphoric ester groups is 1. The van der Waals surface area contributed by atoms with Crippen molar-refractivity contribution in [2.45, 2.75) is 198 Å². The molecule has 13 heteroatoms. The lowest BCUT2D eigenvalue weighted by atomic mass is 9.85. The van der Waals surface area contributed by atoms with Gasteiger partial charge in [0, 0.05) is 13.0 Å². The third-order valence-corrected chi connectivity index (χ3v) is 10.3. The van der Waals surface area contributed by atoms with Crippen LogP contribution in [0.3, 0.4) is 0 Å². The number of hydrogen-bond acceptors (Lipinski definition) is 11. The number of aliphatic hydroxyl groups is 5. The average Bonchev–Trinajstić information content (AvgIpc) is 3.12. The number of carbonyl (C=O) groups excluding carboxylic acids is 1. The van der Waals surface area contributed by atoms with Crippen LogP contribution in [0.4, 0.5) is 0 Å². The molecule has 1 aliphatic carbocycles. The van der Waals surface area contributed by atoms with Gasteiger partial charge in [0.2, 0.25) is 0 Å². The monoisotopic (exact) mass is 764 g/mol. The quantitative estimate of drug-likeness (QED) is 0.0174. The lowest BCUT2D eigenvalue weighted by Gasteiger charge is -2.41. The summed E-state index contributed by atoms with van der Waals surface area (Å²) in [6.07, 6.45) is 19.7. The summed E-state index contributed by atoms with van der Waals surface area (Å²) in [6.45, 7) is 4.16. The van der Waals surface area contributed by atoms with Gasteiger partial charge in [-0.25, -0.2) is 4.57 Å². The smallest absolute Gasteiger partial charge is 0.457 e. The fourth-order valence-electron chi connectivity index (χ4n) is 5.98. The molecule has 6 atom stereocenters. The van der Waals surface area contributed by atoms with Crippen molar-refractivity contribution in [3.8, 4) is 0 Å². The molecule has 0 spiro atoms. The van der Waals surface area contributed by atoms with Gasteiger partial charge in [-0.15, -0.1) is 0 Å². The molecule has 1 aliphatic rings. The Labute approximate surface area is 313 Å². The molecule has 1 rings (SSSR count). The molecular formula is C39H73O12P. The Hall–Kier alpha value is -1.18. The average molecular weight is 765 g/mol. The first-order chi connectivity index (χ1) is 25.0. The lowest BCUT2D eigenvalue weighted by molar-refractivity contribution is -0.220. The van der Waals surface area contributed by atoms with Gasteiger partial charge >= 0.3 is 13.8 Å². The highest BCUT2D eigenvalue weighted by Crippen LogP contribution is 2.47. The highest BCUT2D eigenvalue weighted by molar-refractivity contribution is 7.47. The van der Waals surface area contributed by atoms with Gasteiger partial charge in [-0.05, 0) is 57.8 Å². The third kappa shape index (κ3) is 23.6. The van der Waals surface area contributed by atoms with Gasteiger partial charge in [0.05, 0.1) is 13.2 Å². The molecule has 0 aromatic heterocycles. The van der Waals surface area contributed by atoms with Gasteiger partial charge in [0.15, 0.2) is 0 Å². The van der Waals surface area contributed by atoms with Crippen molar-refractivity contribution in [2.75, 3.05) is 19.8 Å². The Morgan fingerprint density at radius 3 is 1.58 bits per heavy atom. The molecule has 6 unspecified atom stereocenters. The molecule has 12 nitrogen and oxygen atoms in total. The maximum Gasteiger partial charge on any atom is 0.472 e. The molecule has 0 radical (unpaired) electrons. The zero-order valence-electron chi connectivity index (χ0n) is 32.1. The first-order valence-electron chi connectivity index (χ1n) is 20.2. The predicted octanol–water partition coefficient (Wildman–Crippen LogP) is 6.97. The first-order valence-corrected chi connectivity index (χ1v) is 21.7. The summed E-state index contributed by atoms with van der Waals surface area (Å²) in [5.74, 6) is -0.490. The molecule has 0 aliphatic heterocycles. The van der Waals surface area contributed by atoms with E-state index in [1.807, 2.05) is 0 Å². The van der Waals surface area contributed by atoms with Crippen LogP contribution in [0.1, 0.15) is 155 Å². The van der Waals surface area contributed by atoms with Crippen molar-refractivity contribution in [3.63, 3.8) is 0 Å². The van der Waals surface area contributed by atoms with Crippen molar-refractivity contribution in [1.82, 2.24) is 0 Å². The second-order valence-electron chi connectivity index (χ2n) is 14.1. The van der Waals surface area contributed by atoms with Crippen LogP contribution in [0.25, 0.3) is 0 Å². The summed E-state index contributed by atoms with van der Waals surface area (Å²) in [6, 6.07) is 0. The molecule has 0 saturated heterocycles. The van der Waals surface area contributed by atoms with E-state index in [1.165, 1.54) is 51.4 Å². The summed E-state index contributed by atoms with van der Waals surface area (Å²) in [7, 11) is -5.01. The standard InChI is InChI=1S/C39H73O12P/c1-3-5-7-9-11-13-15-17-18-20-22-24-26-28-33(40)50-32(30-48-29-27-25-23-21-19-16-14-12-10-8-6-4-2)31-49-52(46,47)51-39-37(44)35(42)34(41)36(43)38(39)45/h10,12-13,15,32,34-39,41-45H,3-9,11,14,16-31H2,1-2H3,(H,46,47)/b12-10-,15-13-. The molecule has 0 aromatic rings. The van der Waals surface area contributed by atoms with Gasteiger partial charge < -0.3 is 39.9 Å². The number of hydrogen-bond donors (Lipinski definition) is 6. The highest BCUT2D eigenvalue weighted by atomic mass is 31.2. The van der Waals surface area contributed by atoms with Crippen LogP contribution >= 0.6 is 7.82 Å². The number of ether oxygens (including phenoxy) is 2.